The maximum absolute atomic E-state index is 11.8. The first-order valence-corrected chi connectivity index (χ1v) is 15.0. The topological polar surface area (TPSA) is 46.5 Å². The lowest BCUT2D eigenvalue weighted by molar-refractivity contribution is -0.141. The predicted molar refractivity (Wildman–Crippen MR) is 154 cm³/mol. The Bertz CT molecular complexity index is 1020. The molecule has 2 fully saturated rings. The van der Waals surface area contributed by atoms with Crippen LogP contribution in [0.25, 0.3) is 10.8 Å². The third kappa shape index (κ3) is 7.47. The highest BCUT2D eigenvalue weighted by Gasteiger charge is 2.29. The zero-order chi connectivity index (χ0) is 26.2. The van der Waals surface area contributed by atoms with Crippen molar-refractivity contribution in [1.82, 2.24) is 0 Å². The van der Waals surface area contributed by atoms with E-state index in [4.69, 9.17) is 4.74 Å². The van der Waals surface area contributed by atoms with Gasteiger partial charge in [-0.15, -0.1) is 0 Å². The van der Waals surface area contributed by atoms with Crippen LogP contribution in [0.3, 0.4) is 0 Å². The van der Waals surface area contributed by atoms with Crippen LogP contribution in [0.5, 0.6) is 0 Å². The molecule has 2 aliphatic carbocycles. The van der Waals surface area contributed by atoms with Gasteiger partial charge in [-0.3, -0.25) is 0 Å². The van der Waals surface area contributed by atoms with Crippen LogP contribution in [0.4, 0.5) is 0 Å². The van der Waals surface area contributed by atoms with Crippen LogP contribution in [0.2, 0.25) is 0 Å². The maximum Gasteiger partial charge on any atom is 0.333 e. The van der Waals surface area contributed by atoms with Gasteiger partial charge in [-0.25, -0.2) is 4.79 Å². The Labute approximate surface area is 224 Å². The molecule has 1 atom stereocenters. The summed E-state index contributed by atoms with van der Waals surface area (Å²) in [6.45, 7) is 7.95. The molecule has 2 saturated carbocycles. The number of benzene rings is 2. The van der Waals surface area contributed by atoms with Crippen molar-refractivity contribution in [2.45, 2.75) is 103 Å². The van der Waals surface area contributed by atoms with Gasteiger partial charge in [-0.05, 0) is 104 Å². The lowest BCUT2D eigenvalue weighted by Gasteiger charge is -2.33. The molecule has 1 unspecified atom stereocenters. The highest BCUT2D eigenvalue weighted by atomic mass is 16.5. The van der Waals surface area contributed by atoms with Crippen molar-refractivity contribution in [2.24, 2.45) is 17.8 Å². The normalized spacial score (nSPS) is 25.1. The molecule has 0 spiro atoms. The third-order valence-electron chi connectivity index (χ3n) is 9.34. The maximum atomic E-state index is 11.8. The number of rotatable bonds is 11. The van der Waals surface area contributed by atoms with Crippen LogP contribution >= 0.6 is 0 Å². The van der Waals surface area contributed by atoms with Gasteiger partial charge in [-0.1, -0.05) is 75.6 Å². The summed E-state index contributed by atoms with van der Waals surface area (Å²) in [6, 6.07) is 14.3. The van der Waals surface area contributed by atoms with E-state index in [1.54, 1.807) is 6.92 Å². The van der Waals surface area contributed by atoms with Gasteiger partial charge in [0.25, 0.3) is 0 Å². The Kier molecular flexibility index (Phi) is 10.3. The Hall–Kier alpha value is -2.13. The molecule has 0 saturated heterocycles. The Balaban J connectivity index is 1.31. The van der Waals surface area contributed by atoms with Gasteiger partial charge < -0.3 is 9.84 Å². The predicted octanol–water partition coefficient (Wildman–Crippen LogP) is 8.70. The third-order valence-corrected chi connectivity index (χ3v) is 9.34. The molecular formula is C34H48O3. The first-order valence-electron chi connectivity index (χ1n) is 15.0. The van der Waals surface area contributed by atoms with Crippen molar-refractivity contribution >= 4 is 16.7 Å². The number of carbonyl (C=O) groups is 1. The summed E-state index contributed by atoms with van der Waals surface area (Å²) in [5, 5.41) is 12.6. The average molecular weight is 505 g/mol. The van der Waals surface area contributed by atoms with Crippen molar-refractivity contribution in [3.8, 4) is 0 Å². The summed E-state index contributed by atoms with van der Waals surface area (Å²) in [6.07, 6.45) is 15.5. The fourth-order valence-corrected chi connectivity index (χ4v) is 6.83. The second-order valence-electron chi connectivity index (χ2n) is 12.0. The number of fused-ring (bicyclic) bond motifs is 1. The molecule has 202 valence electrons. The standard InChI is InChI=1S/C34H48O3/c1-4-5-6-7-25-8-10-26(11-9-25)29-16-18-32-21-30(17-19-31(32)20-29)27-12-14-28(15-13-27)33(22-35)23-37-34(36)24(2)3/h16-21,25-28,33,35H,2,4-15,22-23H2,1,3H3. The molecule has 3 heteroatoms. The number of ether oxygens (including phenoxy) is 1. The Morgan fingerprint density at radius 1 is 0.919 bits per heavy atom. The van der Waals surface area contributed by atoms with Gasteiger partial charge in [-0.2, -0.15) is 0 Å². The molecule has 1 N–H and O–H groups in total. The number of aliphatic hydroxyl groups is 1. The lowest BCUT2D eigenvalue weighted by atomic mass is 9.74. The molecule has 0 heterocycles. The molecule has 0 bridgehead atoms. The van der Waals surface area contributed by atoms with E-state index in [-0.39, 0.29) is 25.1 Å². The number of esters is 1. The molecule has 2 aromatic carbocycles. The molecule has 2 aromatic rings. The van der Waals surface area contributed by atoms with Crippen molar-refractivity contribution in [3.63, 3.8) is 0 Å². The first kappa shape index (κ1) is 27.9. The molecule has 0 aliphatic heterocycles. The van der Waals surface area contributed by atoms with Crippen molar-refractivity contribution in [3.05, 3.63) is 59.7 Å². The summed E-state index contributed by atoms with van der Waals surface area (Å²) < 4.78 is 5.35. The molecule has 0 amide bonds. The second-order valence-corrected chi connectivity index (χ2v) is 12.0. The Morgan fingerprint density at radius 2 is 1.49 bits per heavy atom. The molecule has 0 radical (unpaired) electrons. The van der Waals surface area contributed by atoms with Gasteiger partial charge in [0, 0.05) is 18.1 Å². The van der Waals surface area contributed by atoms with Crippen LogP contribution in [-0.2, 0) is 9.53 Å². The molecule has 4 rings (SSSR count). The molecular weight excluding hydrogens is 456 g/mol. The van der Waals surface area contributed by atoms with Crippen LogP contribution in [0.15, 0.2) is 48.6 Å². The quantitative estimate of drug-likeness (QED) is 0.189. The number of hydrogen-bond donors (Lipinski definition) is 1. The van der Waals surface area contributed by atoms with E-state index in [9.17, 15) is 9.90 Å². The van der Waals surface area contributed by atoms with Crippen LogP contribution in [0, 0.1) is 17.8 Å². The largest absolute Gasteiger partial charge is 0.462 e. The average Bonchev–Trinajstić information content (AvgIpc) is 2.93. The van der Waals surface area contributed by atoms with Crippen LogP contribution < -0.4 is 0 Å². The lowest BCUT2D eigenvalue weighted by Crippen LogP contribution is -2.28. The minimum atomic E-state index is -0.360. The Morgan fingerprint density at radius 3 is 2.00 bits per heavy atom. The smallest absolute Gasteiger partial charge is 0.333 e. The zero-order valence-electron chi connectivity index (χ0n) is 23.2. The van der Waals surface area contributed by atoms with E-state index < -0.39 is 0 Å². The van der Waals surface area contributed by atoms with E-state index >= 15 is 0 Å². The summed E-state index contributed by atoms with van der Waals surface area (Å²) in [5.74, 6) is 2.33. The van der Waals surface area contributed by atoms with Gasteiger partial charge in [0.05, 0.1) is 6.61 Å². The fourth-order valence-electron chi connectivity index (χ4n) is 6.83. The van der Waals surface area contributed by atoms with Crippen molar-refractivity contribution in [2.75, 3.05) is 13.2 Å². The minimum Gasteiger partial charge on any atom is -0.462 e. The zero-order valence-corrected chi connectivity index (χ0v) is 23.2. The highest BCUT2D eigenvalue weighted by molar-refractivity contribution is 5.87. The van der Waals surface area contributed by atoms with E-state index in [0.717, 1.165) is 37.5 Å². The van der Waals surface area contributed by atoms with Gasteiger partial charge in [0.15, 0.2) is 0 Å². The molecule has 37 heavy (non-hydrogen) atoms. The van der Waals surface area contributed by atoms with Gasteiger partial charge in [0.1, 0.15) is 0 Å². The van der Waals surface area contributed by atoms with Crippen molar-refractivity contribution in [1.29, 1.82) is 0 Å². The summed E-state index contributed by atoms with van der Waals surface area (Å²) in [4.78, 5) is 11.8. The van der Waals surface area contributed by atoms with E-state index in [1.807, 2.05) is 0 Å². The number of unbranched alkanes of at least 4 members (excludes halogenated alkanes) is 2. The summed E-state index contributed by atoms with van der Waals surface area (Å²) in [7, 11) is 0. The molecule has 0 aromatic heterocycles. The minimum absolute atomic E-state index is 0.0191. The SMILES string of the molecule is C=C(C)C(=O)OCC(CO)C1CCC(c2ccc3cc(C4CCC(CCCCC)CC4)ccc3c2)CC1. The summed E-state index contributed by atoms with van der Waals surface area (Å²) >= 11 is 0. The van der Waals surface area contributed by atoms with Crippen LogP contribution in [-0.4, -0.2) is 24.3 Å². The number of carbonyl (C=O) groups excluding carboxylic acids is 1. The van der Waals surface area contributed by atoms with Crippen LogP contribution in [0.1, 0.15) is 114 Å². The van der Waals surface area contributed by atoms with E-state index in [2.05, 4.69) is 49.9 Å². The second kappa shape index (κ2) is 13.6. The monoisotopic (exact) mass is 504 g/mol. The number of hydrogen-bond acceptors (Lipinski definition) is 3. The van der Waals surface area contributed by atoms with E-state index in [1.165, 1.54) is 73.3 Å². The molecule has 3 nitrogen and oxygen atoms in total. The first-order chi connectivity index (χ1) is 18.0. The van der Waals surface area contributed by atoms with E-state index in [0.29, 0.717) is 17.4 Å². The van der Waals surface area contributed by atoms with Crippen molar-refractivity contribution < 1.29 is 14.6 Å². The molecule has 2 aliphatic rings. The van der Waals surface area contributed by atoms with Gasteiger partial charge >= 0.3 is 5.97 Å². The highest BCUT2D eigenvalue weighted by Crippen LogP contribution is 2.41. The fraction of sp³-hybridized carbons (Fsp3) is 0.618. The number of aliphatic hydroxyl groups excluding tert-OH is 1. The summed E-state index contributed by atoms with van der Waals surface area (Å²) in [5.41, 5.74) is 3.39. The van der Waals surface area contributed by atoms with Gasteiger partial charge in [0.2, 0.25) is 0 Å².